The van der Waals surface area contributed by atoms with Crippen LogP contribution in [0.5, 0.6) is 0 Å². The molecule has 94 valence electrons. The van der Waals surface area contributed by atoms with Gasteiger partial charge in [-0.2, -0.15) is 0 Å². The molecule has 0 unspecified atom stereocenters. The van der Waals surface area contributed by atoms with E-state index in [4.69, 9.17) is 21.1 Å². The highest BCUT2D eigenvalue weighted by atomic mass is 35.5. The van der Waals surface area contributed by atoms with E-state index >= 15 is 0 Å². The summed E-state index contributed by atoms with van der Waals surface area (Å²) in [7, 11) is 3.04. The Morgan fingerprint density at radius 2 is 2.00 bits per heavy atom. The summed E-state index contributed by atoms with van der Waals surface area (Å²) in [6, 6.07) is 5.19. The Morgan fingerprint density at radius 1 is 1.35 bits per heavy atom. The molecule has 0 bridgehead atoms. The van der Waals surface area contributed by atoms with Gasteiger partial charge in [0.1, 0.15) is 0 Å². The maximum Gasteiger partial charge on any atom is 0.251 e. The molecule has 1 aromatic rings. The van der Waals surface area contributed by atoms with E-state index in [-0.39, 0.29) is 12.5 Å². The summed E-state index contributed by atoms with van der Waals surface area (Å²) in [4.78, 5) is 11.8. The van der Waals surface area contributed by atoms with Gasteiger partial charge >= 0.3 is 0 Å². The standard InChI is InChI=1S/C12H16ClNO3/c1-8-4-9(6-10(13)5-8)12(15)14-7-11(16-2)17-3/h4-6,11H,7H2,1-3H3,(H,14,15). The first kappa shape index (κ1) is 14.0. The lowest BCUT2D eigenvalue weighted by atomic mass is 10.1. The highest BCUT2D eigenvalue weighted by Gasteiger charge is 2.10. The van der Waals surface area contributed by atoms with Crippen LogP contribution in [0, 0.1) is 6.92 Å². The Bertz CT molecular complexity index is 371. The van der Waals surface area contributed by atoms with Gasteiger partial charge in [0.05, 0.1) is 6.54 Å². The molecule has 0 aromatic heterocycles. The fraction of sp³-hybridized carbons (Fsp3) is 0.417. The van der Waals surface area contributed by atoms with E-state index in [1.165, 1.54) is 14.2 Å². The highest BCUT2D eigenvalue weighted by molar-refractivity contribution is 6.31. The highest BCUT2D eigenvalue weighted by Crippen LogP contribution is 2.14. The summed E-state index contributed by atoms with van der Waals surface area (Å²) in [5.41, 5.74) is 1.47. The second-order valence-electron chi connectivity index (χ2n) is 3.63. The van der Waals surface area contributed by atoms with Crippen molar-refractivity contribution in [3.05, 3.63) is 34.3 Å². The van der Waals surface area contributed by atoms with Crippen LogP contribution in [-0.2, 0) is 9.47 Å². The Labute approximate surface area is 106 Å². The second-order valence-corrected chi connectivity index (χ2v) is 4.06. The van der Waals surface area contributed by atoms with E-state index in [9.17, 15) is 4.79 Å². The van der Waals surface area contributed by atoms with Gasteiger partial charge in [-0.05, 0) is 30.7 Å². The van der Waals surface area contributed by atoms with Gasteiger partial charge in [-0.15, -0.1) is 0 Å². The smallest absolute Gasteiger partial charge is 0.251 e. The number of amides is 1. The van der Waals surface area contributed by atoms with Gasteiger partial charge in [0, 0.05) is 24.8 Å². The van der Waals surface area contributed by atoms with E-state index in [1.54, 1.807) is 18.2 Å². The van der Waals surface area contributed by atoms with Crippen molar-refractivity contribution in [1.29, 1.82) is 0 Å². The van der Waals surface area contributed by atoms with Crippen LogP contribution >= 0.6 is 11.6 Å². The summed E-state index contributed by atoms with van der Waals surface area (Å²) in [5, 5.41) is 3.25. The number of carbonyl (C=O) groups is 1. The molecule has 1 aromatic carbocycles. The monoisotopic (exact) mass is 257 g/mol. The van der Waals surface area contributed by atoms with Crippen molar-refractivity contribution in [3.8, 4) is 0 Å². The zero-order chi connectivity index (χ0) is 12.8. The summed E-state index contributed by atoms with van der Waals surface area (Å²) < 4.78 is 9.94. The van der Waals surface area contributed by atoms with Crippen LogP contribution in [0.2, 0.25) is 5.02 Å². The van der Waals surface area contributed by atoms with E-state index in [1.807, 2.05) is 6.92 Å². The molecule has 0 fully saturated rings. The minimum absolute atomic E-state index is 0.199. The molecule has 1 amide bonds. The van der Waals surface area contributed by atoms with Crippen molar-refractivity contribution >= 4 is 17.5 Å². The number of benzene rings is 1. The first-order valence-electron chi connectivity index (χ1n) is 5.17. The third kappa shape index (κ3) is 4.34. The Hall–Kier alpha value is -1.10. The van der Waals surface area contributed by atoms with Gasteiger partial charge in [-0.3, -0.25) is 4.79 Å². The third-order valence-corrected chi connectivity index (χ3v) is 2.48. The number of halogens is 1. The van der Waals surface area contributed by atoms with Crippen molar-refractivity contribution in [2.45, 2.75) is 13.2 Å². The lowest BCUT2D eigenvalue weighted by Gasteiger charge is -2.14. The minimum atomic E-state index is -0.445. The van der Waals surface area contributed by atoms with Crippen LogP contribution in [0.3, 0.4) is 0 Å². The molecule has 1 rings (SSSR count). The number of ether oxygens (including phenoxy) is 2. The maximum atomic E-state index is 11.8. The molecule has 0 aliphatic rings. The van der Waals surface area contributed by atoms with Crippen molar-refractivity contribution in [3.63, 3.8) is 0 Å². The molecular formula is C12H16ClNO3. The Morgan fingerprint density at radius 3 is 2.53 bits per heavy atom. The summed E-state index contributed by atoms with van der Waals surface area (Å²) in [5.74, 6) is -0.199. The molecule has 4 nitrogen and oxygen atoms in total. The van der Waals surface area contributed by atoms with Crippen molar-refractivity contribution < 1.29 is 14.3 Å². The number of rotatable bonds is 5. The predicted molar refractivity (Wildman–Crippen MR) is 66.3 cm³/mol. The SMILES string of the molecule is COC(CNC(=O)c1cc(C)cc(Cl)c1)OC. The average Bonchev–Trinajstić information content (AvgIpc) is 2.28. The van der Waals surface area contributed by atoms with Crippen LogP contribution in [0.25, 0.3) is 0 Å². The van der Waals surface area contributed by atoms with Gasteiger partial charge in [-0.1, -0.05) is 11.6 Å². The topological polar surface area (TPSA) is 47.6 Å². The van der Waals surface area contributed by atoms with Gasteiger partial charge in [0.25, 0.3) is 5.91 Å². The van der Waals surface area contributed by atoms with Crippen LogP contribution in [0.4, 0.5) is 0 Å². The van der Waals surface area contributed by atoms with Crippen LogP contribution in [0.1, 0.15) is 15.9 Å². The zero-order valence-corrected chi connectivity index (χ0v) is 10.9. The molecule has 0 spiro atoms. The molecule has 0 aliphatic carbocycles. The molecule has 0 atom stereocenters. The van der Waals surface area contributed by atoms with E-state index in [0.29, 0.717) is 10.6 Å². The van der Waals surface area contributed by atoms with Crippen LogP contribution in [-0.4, -0.2) is 33.0 Å². The number of methoxy groups -OCH3 is 2. The lowest BCUT2D eigenvalue weighted by molar-refractivity contribution is -0.0974. The molecule has 0 heterocycles. The first-order chi connectivity index (χ1) is 8.06. The molecule has 17 heavy (non-hydrogen) atoms. The summed E-state index contributed by atoms with van der Waals surface area (Å²) in [6.45, 7) is 2.17. The molecule has 0 saturated heterocycles. The van der Waals surface area contributed by atoms with Crippen LogP contribution < -0.4 is 5.32 Å². The molecule has 0 aliphatic heterocycles. The Balaban J connectivity index is 2.63. The molecular weight excluding hydrogens is 242 g/mol. The lowest BCUT2D eigenvalue weighted by Crippen LogP contribution is -2.34. The minimum Gasteiger partial charge on any atom is -0.354 e. The number of nitrogens with one attached hydrogen (secondary N) is 1. The first-order valence-corrected chi connectivity index (χ1v) is 5.55. The third-order valence-electron chi connectivity index (χ3n) is 2.26. The second kappa shape index (κ2) is 6.59. The van der Waals surface area contributed by atoms with E-state index in [0.717, 1.165) is 5.56 Å². The molecule has 1 N–H and O–H groups in total. The normalized spacial score (nSPS) is 10.6. The van der Waals surface area contributed by atoms with E-state index < -0.39 is 6.29 Å². The predicted octanol–water partition coefficient (Wildman–Crippen LogP) is 2.00. The fourth-order valence-corrected chi connectivity index (χ4v) is 1.70. The molecule has 0 saturated carbocycles. The van der Waals surface area contributed by atoms with Gasteiger partial charge < -0.3 is 14.8 Å². The number of hydrogen-bond donors (Lipinski definition) is 1. The summed E-state index contributed by atoms with van der Waals surface area (Å²) >= 11 is 5.88. The number of hydrogen-bond acceptors (Lipinski definition) is 3. The molecule has 5 heteroatoms. The van der Waals surface area contributed by atoms with Gasteiger partial charge in [0.2, 0.25) is 0 Å². The quantitative estimate of drug-likeness (QED) is 0.821. The van der Waals surface area contributed by atoms with Crippen molar-refractivity contribution in [2.24, 2.45) is 0 Å². The van der Waals surface area contributed by atoms with Crippen molar-refractivity contribution in [2.75, 3.05) is 20.8 Å². The zero-order valence-electron chi connectivity index (χ0n) is 10.1. The van der Waals surface area contributed by atoms with E-state index in [2.05, 4.69) is 5.32 Å². The number of carbonyl (C=O) groups excluding carboxylic acids is 1. The van der Waals surface area contributed by atoms with Gasteiger partial charge in [0.15, 0.2) is 6.29 Å². The van der Waals surface area contributed by atoms with Crippen molar-refractivity contribution in [1.82, 2.24) is 5.32 Å². The number of aryl methyl sites for hydroxylation is 1. The van der Waals surface area contributed by atoms with Gasteiger partial charge in [-0.25, -0.2) is 0 Å². The fourth-order valence-electron chi connectivity index (χ4n) is 1.41. The average molecular weight is 258 g/mol. The Kier molecular flexibility index (Phi) is 5.41. The largest absolute Gasteiger partial charge is 0.354 e. The summed E-state index contributed by atoms with van der Waals surface area (Å²) in [6.07, 6.45) is -0.445. The maximum absolute atomic E-state index is 11.8. The van der Waals surface area contributed by atoms with Crippen LogP contribution in [0.15, 0.2) is 18.2 Å². The molecule has 0 radical (unpaired) electrons.